The number of carbonyl (C=O) groups excluding carboxylic acids is 1. The molecule has 1 amide bonds. The number of hydrogen-bond donors (Lipinski definition) is 1. The summed E-state index contributed by atoms with van der Waals surface area (Å²) in [5.74, 6) is 0.679. The number of methoxy groups -OCH3 is 1. The third kappa shape index (κ3) is 2.88. The van der Waals surface area contributed by atoms with E-state index in [0.717, 1.165) is 5.56 Å². The van der Waals surface area contributed by atoms with Crippen LogP contribution in [0.1, 0.15) is 17.4 Å². The lowest BCUT2D eigenvalue weighted by Gasteiger charge is -2.19. The lowest BCUT2D eigenvalue weighted by Crippen LogP contribution is -2.31. The van der Waals surface area contributed by atoms with E-state index in [4.69, 9.17) is 11.6 Å². The number of nitrogens with zero attached hydrogens (tertiary/aromatic N) is 2. The van der Waals surface area contributed by atoms with Crippen molar-refractivity contribution in [2.45, 2.75) is 6.04 Å². The Morgan fingerprint density at radius 1 is 1.47 bits per heavy atom. The van der Waals surface area contributed by atoms with Gasteiger partial charge in [0, 0.05) is 30.0 Å². The largest absolute Gasteiger partial charge is 0.453 e. The lowest BCUT2D eigenvalue weighted by atomic mass is 10.1. The molecule has 2 rings (SSSR count). The second kappa shape index (κ2) is 5.75. The molecule has 0 aliphatic rings. The maximum absolute atomic E-state index is 11.5. The number of carbonyl (C=O) groups is 1. The van der Waals surface area contributed by atoms with E-state index in [1.54, 1.807) is 18.5 Å². The molecule has 100 valence electrons. The monoisotopic (exact) mass is 279 g/mol. The van der Waals surface area contributed by atoms with Crippen molar-refractivity contribution in [3.63, 3.8) is 0 Å². The minimum Gasteiger partial charge on any atom is -0.453 e. The molecule has 1 aromatic heterocycles. The zero-order valence-electron chi connectivity index (χ0n) is 10.6. The summed E-state index contributed by atoms with van der Waals surface area (Å²) < 4.78 is 6.47. The Bertz CT molecular complexity index is 583. The van der Waals surface area contributed by atoms with Gasteiger partial charge in [-0.1, -0.05) is 29.8 Å². The summed E-state index contributed by atoms with van der Waals surface area (Å²) in [5.41, 5.74) is 0.767. The minimum absolute atomic E-state index is 0.457. The van der Waals surface area contributed by atoms with Crippen LogP contribution in [0.2, 0.25) is 5.02 Å². The first kappa shape index (κ1) is 13.4. The van der Waals surface area contributed by atoms with Crippen molar-refractivity contribution in [2.24, 2.45) is 7.05 Å². The summed E-state index contributed by atoms with van der Waals surface area (Å²) in [6.07, 6.45) is 2.93. The number of amides is 1. The van der Waals surface area contributed by atoms with E-state index in [1.807, 2.05) is 29.8 Å². The standard InChI is InChI=1S/C13H14ClN3O2/c1-17-8-7-15-12(17)11(16-13(18)19-2)9-5-3-4-6-10(9)14/h3-8,11H,1-2H3,(H,16,18). The zero-order chi connectivity index (χ0) is 13.8. The molecule has 0 spiro atoms. The molecule has 0 radical (unpaired) electrons. The smallest absolute Gasteiger partial charge is 0.407 e. The predicted octanol–water partition coefficient (Wildman–Crippen LogP) is 2.52. The fraction of sp³-hybridized carbons (Fsp3) is 0.231. The summed E-state index contributed by atoms with van der Waals surface area (Å²) in [6, 6.07) is 6.85. The second-order valence-electron chi connectivity index (χ2n) is 3.99. The molecular formula is C13H14ClN3O2. The summed E-state index contributed by atoms with van der Waals surface area (Å²) in [4.78, 5) is 15.8. The van der Waals surface area contributed by atoms with Gasteiger partial charge in [-0.25, -0.2) is 9.78 Å². The van der Waals surface area contributed by atoms with Crippen molar-refractivity contribution in [2.75, 3.05) is 7.11 Å². The first-order valence-electron chi connectivity index (χ1n) is 5.69. The molecule has 1 N–H and O–H groups in total. The van der Waals surface area contributed by atoms with Crippen LogP contribution in [0, 0.1) is 0 Å². The van der Waals surface area contributed by atoms with Gasteiger partial charge >= 0.3 is 6.09 Å². The number of benzene rings is 1. The van der Waals surface area contributed by atoms with Crippen LogP contribution in [0.4, 0.5) is 4.79 Å². The van der Waals surface area contributed by atoms with Crippen molar-refractivity contribution in [1.29, 1.82) is 0 Å². The Labute approximate surface area is 116 Å². The van der Waals surface area contributed by atoms with E-state index in [9.17, 15) is 4.79 Å². The molecule has 1 heterocycles. The Balaban J connectivity index is 2.43. The van der Waals surface area contributed by atoms with Gasteiger partial charge in [-0.05, 0) is 6.07 Å². The SMILES string of the molecule is COC(=O)NC(c1ccccc1Cl)c1nccn1C. The highest BCUT2D eigenvalue weighted by Crippen LogP contribution is 2.27. The van der Waals surface area contributed by atoms with Gasteiger partial charge < -0.3 is 14.6 Å². The summed E-state index contributed by atoms with van der Waals surface area (Å²) in [7, 11) is 3.17. The van der Waals surface area contributed by atoms with Crippen LogP contribution in [0.5, 0.6) is 0 Å². The number of aryl methyl sites for hydroxylation is 1. The highest BCUT2D eigenvalue weighted by atomic mass is 35.5. The third-order valence-electron chi connectivity index (χ3n) is 2.78. The maximum Gasteiger partial charge on any atom is 0.407 e. The van der Waals surface area contributed by atoms with E-state index >= 15 is 0 Å². The van der Waals surface area contributed by atoms with Crippen molar-refractivity contribution < 1.29 is 9.53 Å². The van der Waals surface area contributed by atoms with Crippen LogP contribution in [0.3, 0.4) is 0 Å². The van der Waals surface area contributed by atoms with Crippen molar-refractivity contribution >= 4 is 17.7 Å². The number of hydrogen-bond acceptors (Lipinski definition) is 3. The van der Waals surface area contributed by atoms with Crippen LogP contribution < -0.4 is 5.32 Å². The topological polar surface area (TPSA) is 56.1 Å². The number of ether oxygens (including phenoxy) is 1. The molecular weight excluding hydrogens is 266 g/mol. The van der Waals surface area contributed by atoms with Gasteiger partial charge in [0.1, 0.15) is 11.9 Å². The first-order chi connectivity index (χ1) is 9.13. The number of nitrogens with one attached hydrogen (secondary N) is 1. The highest BCUT2D eigenvalue weighted by molar-refractivity contribution is 6.31. The van der Waals surface area contributed by atoms with Gasteiger partial charge in [-0.2, -0.15) is 0 Å². The van der Waals surface area contributed by atoms with E-state index in [2.05, 4.69) is 15.0 Å². The molecule has 0 aliphatic heterocycles. The maximum atomic E-state index is 11.5. The molecule has 6 heteroatoms. The zero-order valence-corrected chi connectivity index (χ0v) is 11.4. The third-order valence-corrected chi connectivity index (χ3v) is 3.12. The fourth-order valence-electron chi connectivity index (χ4n) is 1.82. The van der Waals surface area contributed by atoms with Gasteiger partial charge in [0.25, 0.3) is 0 Å². The molecule has 0 fully saturated rings. The normalized spacial score (nSPS) is 11.9. The van der Waals surface area contributed by atoms with Gasteiger partial charge in [-0.15, -0.1) is 0 Å². The molecule has 19 heavy (non-hydrogen) atoms. The summed E-state index contributed by atoms with van der Waals surface area (Å²) in [5, 5.41) is 3.30. The van der Waals surface area contributed by atoms with E-state index in [0.29, 0.717) is 10.8 Å². The second-order valence-corrected chi connectivity index (χ2v) is 4.39. The molecule has 0 bridgehead atoms. The minimum atomic E-state index is -0.534. The highest BCUT2D eigenvalue weighted by Gasteiger charge is 2.22. The average molecular weight is 280 g/mol. The summed E-state index contributed by atoms with van der Waals surface area (Å²) in [6.45, 7) is 0. The van der Waals surface area contributed by atoms with E-state index in [1.165, 1.54) is 7.11 Å². The number of aromatic nitrogens is 2. The van der Waals surface area contributed by atoms with Crippen LogP contribution in [-0.2, 0) is 11.8 Å². The van der Waals surface area contributed by atoms with Crippen molar-refractivity contribution in [3.8, 4) is 0 Å². The molecule has 1 unspecified atom stereocenters. The molecule has 2 aromatic rings. The summed E-state index contributed by atoms with van der Waals surface area (Å²) >= 11 is 6.19. The van der Waals surface area contributed by atoms with E-state index in [-0.39, 0.29) is 0 Å². The average Bonchev–Trinajstić information content (AvgIpc) is 2.83. The van der Waals surface area contributed by atoms with Crippen molar-refractivity contribution in [1.82, 2.24) is 14.9 Å². The van der Waals surface area contributed by atoms with Crippen LogP contribution in [0.15, 0.2) is 36.7 Å². The van der Waals surface area contributed by atoms with Gasteiger partial charge in [0.15, 0.2) is 0 Å². The molecule has 0 saturated heterocycles. The lowest BCUT2D eigenvalue weighted by molar-refractivity contribution is 0.168. The molecule has 1 atom stereocenters. The van der Waals surface area contributed by atoms with Crippen LogP contribution in [0.25, 0.3) is 0 Å². The molecule has 5 nitrogen and oxygen atoms in total. The quantitative estimate of drug-likeness (QED) is 0.939. The molecule has 1 aromatic carbocycles. The van der Waals surface area contributed by atoms with Gasteiger partial charge in [-0.3, -0.25) is 0 Å². The van der Waals surface area contributed by atoms with Crippen LogP contribution in [-0.4, -0.2) is 22.8 Å². The van der Waals surface area contributed by atoms with Crippen LogP contribution >= 0.6 is 11.6 Å². The Morgan fingerprint density at radius 2 is 2.21 bits per heavy atom. The van der Waals surface area contributed by atoms with Crippen molar-refractivity contribution in [3.05, 3.63) is 53.1 Å². The number of halogens is 1. The molecule has 0 saturated carbocycles. The number of alkyl carbamates (subject to hydrolysis) is 1. The van der Waals surface area contributed by atoms with Gasteiger partial charge in [0.05, 0.1) is 7.11 Å². The molecule has 0 aliphatic carbocycles. The van der Waals surface area contributed by atoms with Gasteiger partial charge in [0.2, 0.25) is 0 Å². The Morgan fingerprint density at radius 3 is 2.79 bits per heavy atom. The number of rotatable bonds is 3. The fourth-order valence-corrected chi connectivity index (χ4v) is 2.07. The first-order valence-corrected chi connectivity index (χ1v) is 6.07. The Kier molecular flexibility index (Phi) is 4.06. The van der Waals surface area contributed by atoms with E-state index < -0.39 is 12.1 Å². The predicted molar refractivity (Wildman–Crippen MR) is 72.0 cm³/mol. The number of imidazole rings is 1. The Hall–Kier alpha value is -2.01.